The quantitative estimate of drug-likeness (QED) is 0.859. The van der Waals surface area contributed by atoms with E-state index in [1.54, 1.807) is 0 Å². The Morgan fingerprint density at radius 2 is 2.11 bits per heavy atom. The molecule has 0 aliphatic heterocycles. The number of furan rings is 1. The van der Waals surface area contributed by atoms with Gasteiger partial charge in [0, 0.05) is 6.54 Å². The van der Waals surface area contributed by atoms with E-state index in [-0.39, 0.29) is 17.4 Å². The van der Waals surface area contributed by atoms with Crippen molar-refractivity contribution >= 4 is 11.9 Å². The molecule has 1 aromatic rings. The summed E-state index contributed by atoms with van der Waals surface area (Å²) in [5.41, 5.74) is 0. The smallest absolute Gasteiger partial charge is 0.371 e. The van der Waals surface area contributed by atoms with Gasteiger partial charge < -0.3 is 14.8 Å². The SMILES string of the molecule is CC1CCC(CNC(=O)c2ccc(C(=O)O)o2)C1. The molecule has 1 saturated carbocycles. The van der Waals surface area contributed by atoms with Gasteiger partial charge in [-0.3, -0.25) is 4.79 Å². The van der Waals surface area contributed by atoms with Gasteiger partial charge in [-0.25, -0.2) is 4.79 Å². The van der Waals surface area contributed by atoms with E-state index in [1.807, 2.05) is 0 Å². The van der Waals surface area contributed by atoms with Crippen LogP contribution in [0, 0.1) is 11.8 Å². The summed E-state index contributed by atoms with van der Waals surface area (Å²) in [7, 11) is 0. The number of rotatable bonds is 4. The van der Waals surface area contributed by atoms with Crippen LogP contribution in [0.3, 0.4) is 0 Å². The van der Waals surface area contributed by atoms with Gasteiger partial charge >= 0.3 is 5.97 Å². The van der Waals surface area contributed by atoms with E-state index < -0.39 is 5.97 Å². The molecule has 18 heavy (non-hydrogen) atoms. The summed E-state index contributed by atoms with van der Waals surface area (Å²) in [5.74, 6) is -0.416. The summed E-state index contributed by atoms with van der Waals surface area (Å²) in [4.78, 5) is 22.3. The molecule has 1 aliphatic carbocycles. The van der Waals surface area contributed by atoms with Crippen LogP contribution in [0.1, 0.15) is 47.3 Å². The van der Waals surface area contributed by atoms with E-state index in [0.717, 1.165) is 18.8 Å². The molecule has 0 bridgehead atoms. The lowest BCUT2D eigenvalue weighted by atomic mass is 10.1. The molecule has 0 aromatic carbocycles. The first-order chi connectivity index (χ1) is 8.56. The number of carbonyl (C=O) groups excluding carboxylic acids is 1. The Morgan fingerprint density at radius 1 is 1.39 bits per heavy atom. The summed E-state index contributed by atoms with van der Waals surface area (Å²) in [6.45, 7) is 2.85. The highest BCUT2D eigenvalue weighted by Crippen LogP contribution is 2.29. The van der Waals surface area contributed by atoms with Gasteiger partial charge in [-0.15, -0.1) is 0 Å². The minimum absolute atomic E-state index is 0.0541. The molecule has 1 fully saturated rings. The molecule has 98 valence electrons. The van der Waals surface area contributed by atoms with Gasteiger partial charge in [0.15, 0.2) is 5.76 Å². The number of carboxylic acid groups (broad SMARTS) is 1. The maximum absolute atomic E-state index is 11.7. The van der Waals surface area contributed by atoms with Crippen molar-refractivity contribution in [1.82, 2.24) is 5.32 Å². The normalized spacial score (nSPS) is 22.9. The number of hydrogen-bond donors (Lipinski definition) is 2. The molecule has 0 saturated heterocycles. The van der Waals surface area contributed by atoms with E-state index in [2.05, 4.69) is 12.2 Å². The highest BCUT2D eigenvalue weighted by Gasteiger charge is 2.22. The maximum atomic E-state index is 11.7. The molecule has 2 rings (SSSR count). The summed E-state index contributed by atoms with van der Waals surface area (Å²) in [6, 6.07) is 2.67. The fraction of sp³-hybridized carbons (Fsp3) is 0.538. The van der Waals surface area contributed by atoms with Gasteiger partial charge in [0.05, 0.1) is 0 Å². The van der Waals surface area contributed by atoms with E-state index >= 15 is 0 Å². The standard InChI is InChI=1S/C13H17NO4/c1-8-2-3-9(6-8)7-14-12(15)10-4-5-11(18-10)13(16)17/h4-5,8-9H,2-3,6-7H2,1H3,(H,14,15)(H,16,17). The minimum atomic E-state index is -1.17. The second-order valence-corrected chi connectivity index (χ2v) is 4.96. The van der Waals surface area contributed by atoms with Crippen LogP contribution in [0.2, 0.25) is 0 Å². The van der Waals surface area contributed by atoms with Crippen LogP contribution in [0.4, 0.5) is 0 Å². The molecule has 1 aliphatic rings. The van der Waals surface area contributed by atoms with Crippen molar-refractivity contribution in [3.05, 3.63) is 23.7 Å². The molecule has 2 atom stereocenters. The largest absolute Gasteiger partial charge is 0.475 e. The Labute approximate surface area is 105 Å². The third-order valence-electron chi connectivity index (χ3n) is 3.40. The monoisotopic (exact) mass is 251 g/mol. The second-order valence-electron chi connectivity index (χ2n) is 4.96. The molecule has 2 unspecified atom stereocenters. The molecule has 2 N–H and O–H groups in total. The van der Waals surface area contributed by atoms with Crippen molar-refractivity contribution in [1.29, 1.82) is 0 Å². The van der Waals surface area contributed by atoms with Crippen LogP contribution in [0.5, 0.6) is 0 Å². The average molecular weight is 251 g/mol. The van der Waals surface area contributed by atoms with Crippen LogP contribution in [0.25, 0.3) is 0 Å². The Bertz CT molecular complexity index is 452. The Morgan fingerprint density at radius 3 is 2.67 bits per heavy atom. The predicted octanol–water partition coefficient (Wildman–Crippen LogP) is 2.14. The maximum Gasteiger partial charge on any atom is 0.371 e. The minimum Gasteiger partial charge on any atom is -0.475 e. The second kappa shape index (κ2) is 5.25. The van der Waals surface area contributed by atoms with Gasteiger partial charge in [-0.2, -0.15) is 0 Å². The van der Waals surface area contributed by atoms with E-state index in [4.69, 9.17) is 9.52 Å². The first-order valence-electron chi connectivity index (χ1n) is 6.17. The highest BCUT2D eigenvalue weighted by atomic mass is 16.4. The molecule has 0 radical (unpaired) electrons. The number of nitrogens with one attached hydrogen (secondary N) is 1. The zero-order valence-electron chi connectivity index (χ0n) is 10.3. The third-order valence-corrected chi connectivity index (χ3v) is 3.40. The lowest BCUT2D eigenvalue weighted by molar-refractivity contribution is 0.0659. The van der Waals surface area contributed by atoms with E-state index in [9.17, 15) is 9.59 Å². The van der Waals surface area contributed by atoms with E-state index in [1.165, 1.54) is 18.6 Å². The lowest BCUT2D eigenvalue weighted by Crippen LogP contribution is -2.28. The van der Waals surface area contributed by atoms with Crippen LogP contribution in [-0.4, -0.2) is 23.5 Å². The molecular formula is C13H17NO4. The first-order valence-corrected chi connectivity index (χ1v) is 6.17. The van der Waals surface area contributed by atoms with E-state index in [0.29, 0.717) is 12.5 Å². The summed E-state index contributed by atoms with van der Waals surface area (Å²) >= 11 is 0. The molecule has 0 spiro atoms. The number of amides is 1. The summed E-state index contributed by atoms with van der Waals surface area (Å²) < 4.78 is 4.93. The Balaban J connectivity index is 1.85. The molecular weight excluding hydrogens is 234 g/mol. The Kier molecular flexibility index (Phi) is 3.69. The van der Waals surface area contributed by atoms with Crippen molar-refractivity contribution in [2.75, 3.05) is 6.54 Å². The highest BCUT2D eigenvalue weighted by molar-refractivity contribution is 5.93. The Hall–Kier alpha value is -1.78. The molecule has 1 amide bonds. The van der Waals surface area contributed by atoms with Crippen molar-refractivity contribution < 1.29 is 19.1 Å². The lowest BCUT2D eigenvalue weighted by Gasteiger charge is -2.09. The first kappa shape index (κ1) is 12.7. The van der Waals surface area contributed by atoms with Crippen molar-refractivity contribution in [3.63, 3.8) is 0 Å². The van der Waals surface area contributed by atoms with Crippen molar-refractivity contribution in [2.24, 2.45) is 11.8 Å². The summed E-state index contributed by atoms with van der Waals surface area (Å²) in [6.07, 6.45) is 3.49. The van der Waals surface area contributed by atoms with Crippen molar-refractivity contribution in [2.45, 2.75) is 26.2 Å². The van der Waals surface area contributed by atoms with Crippen LogP contribution >= 0.6 is 0 Å². The number of carboxylic acids is 1. The van der Waals surface area contributed by atoms with Gasteiger partial charge in [0.2, 0.25) is 5.76 Å². The topological polar surface area (TPSA) is 79.5 Å². The van der Waals surface area contributed by atoms with Gasteiger partial charge in [0.1, 0.15) is 0 Å². The third kappa shape index (κ3) is 2.91. The zero-order chi connectivity index (χ0) is 13.1. The summed E-state index contributed by atoms with van der Waals surface area (Å²) in [5, 5.41) is 11.5. The fourth-order valence-corrected chi connectivity index (χ4v) is 2.41. The van der Waals surface area contributed by atoms with Gasteiger partial charge in [-0.1, -0.05) is 13.3 Å². The zero-order valence-corrected chi connectivity index (χ0v) is 10.3. The average Bonchev–Trinajstić information content (AvgIpc) is 2.94. The van der Waals surface area contributed by atoms with Crippen molar-refractivity contribution in [3.8, 4) is 0 Å². The van der Waals surface area contributed by atoms with Crippen LogP contribution in [0.15, 0.2) is 16.5 Å². The number of aromatic carboxylic acids is 1. The predicted molar refractivity (Wildman–Crippen MR) is 64.5 cm³/mol. The van der Waals surface area contributed by atoms with Crippen LogP contribution < -0.4 is 5.32 Å². The van der Waals surface area contributed by atoms with Crippen LogP contribution in [-0.2, 0) is 0 Å². The molecule has 1 heterocycles. The molecule has 5 heteroatoms. The van der Waals surface area contributed by atoms with Gasteiger partial charge in [-0.05, 0) is 36.8 Å². The van der Waals surface area contributed by atoms with Gasteiger partial charge in [0.25, 0.3) is 5.91 Å². The number of hydrogen-bond acceptors (Lipinski definition) is 3. The molecule has 5 nitrogen and oxygen atoms in total. The fourth-order valence-electron chi connectivity index (χ4n) is 2.41. The molecule has 1 aromatic heterocycles. The number of carbonyl (C=O) groups is 2.